The van der Waals surface area contributed by atoms with E-state index in [2.05, 4.69) is 4.90 Å². The molecule has 1 N–H and O–H groups in total. The van der Waals surface area contributed by atoms with Gasteiger partial charge in [-0.15, -0.1) is 0 Å². The molecule has 0 fully saturated rings. The summed E-state index contributed by atoms with van der Waals surface area (Å²) in [6.45, 7) is 10.3. The summed E-state index contributed by atoms with van der Waals surface area (Å²) in [6, 6.07) is 5.17. The molecule has 0 radical (unpaired) electrons. The van der Waals surface area contributed by atoms with E-state index in [9.17, 15) is 9.18 Å². The number of hydrogen-bond donors (Lipinski definition) is 1. The third-order valence-corrected chi connectivity index (χ3v) is 3.57. The lowest BCUT2D eigenvalue weighted by Gasteiger charge is -2.40. The van der Waals surface area contributed by atoms with Gasteiger partial charge in [0.15, 0.2) is 0 Å². The van der Waals surface area contributed by atoms with Crippen LogP contribution in [0.5, 0.6) is 0 Å². The molecule has 0 aliphatic rings. The standard InChI is InChI=1S/C16H24FNO2/c1-11-6-7-13(10-14(11)17)12(2)18(16(3,4)5)9-8-15(19)20/h6-7,10,12H,8-9H2,1-5H3,(H,19,20). The number of hydrogen-bond acceptors (Lipinski definition) is 2. The topological polar surface area (TPSA) is 40.5 Å². The minimum atomic E-state index is -0.818. The fourth-order valence-corrected chi connectivity index (χ4v) is 2.38. The third kappa shape index (κ3) is 4.30. The molecule has 0 heterocycles. The Labute approximate surface area is 120 Å². The number of aliphatic carboxylic acids is 1. The van der Waals surface area contributed by atoms with Crippen molar-refractivity contribution in [2.75, 3.05) is 6.54 Å². The zero-order chi connectivity index (χ0) is 15.5. The van der Waals surface area contributed by atoms with Crippen LogP contribution in [0.4, 0.5) is 4.39 Å². The fourth-order valence-electron chi connectivity index (χ4n) is 2.38. The van der Waals surface area contributed by atoms with Gasteiger partial charge in [0.1, 0.15) is 5.82 Å². The van der Waals surface area contributed by atoms with Gasteiger partial charge in [-0.05, 0) is 51.8 Å². The van der Waals surface area contributed by atoms with E-state index in [1.54, 1.807) is 19.1 Å². The lowest BCUT2D eigenvalue weighted by molar-refractivity contribution is -0.137. The molecule has 0 bridgehead atoms. The molecule has 0 aliphatic heterocycles. The predicted octanol–water partition coefficient (Wildman–Crippen LogP) is 3.77. The maximum absolute atomic E-state index is 13.7. The lowest BCUT2D eigenvalue weighted by Crippen LogP contribution is -2.44. The number of nitrogens with zero attached hydrogens (tertiary/aromatic N) is 1. The zero-order valence-corrected chi connectivity index (χ0v) is 12.9. The number of carboxylic acid groups (broad SMARTS) is 1. The second kappa shape index (κ2) is 6.35. The minimum Gasteiger partial charge on any atom is -0.481 e. The molecule has 0 aromatic heterocycles. The first-order valence-electron chi connectivity index (χ1n) is 6.87. The first-order chi connectivity index (χ1) is 9.12. The van der Waals surface area contributed by atoms with Crippen LogP contribution in [0, 0.1) is 12.7 Å². The van der Waals surface area contributed by atoms with E-state index >= 15 is 0 Å². The second-order valence-corrected chi connectivity index (χ2v) is 6.19. The molecule has 20 heavy (non-hydrogen) atoms. The van der Waals surface area contributed by atoms with E-state index in [1.807, 2.05) is 33.8 Å². The van der Waals surface area contributed by atoms with Crippen molar-refractivity contribution in [1.82, 2.24) is 4.90 Å². The van der Waals surface area contributed by atoms with Crippen molar-refractivity contribution < 1.29 is 14.3 Å². The van der Waals surface area contributed by atoms with Crippen molar-refractivity contribution in [3.8, 4) is 0 Å². The Morgan fingerprint density at radius 2 is 2.00 bits per heavy atom. The minimum absolute atomic E-state index is 0.0375. The maximum Gasteiger partial charge on any atom is 0.304 e. The van der Waals surface area contributed by atoms with Crippen LogP contribution in [0.3, 0.4) is 0 Å². The molecule has 1 rings (SSSR count). The van der Waals surface area contributed by atoms with Crippen LogP contribution in [0.25, 0.3) is 0 Å². The van der Waals surface area contributed by atoms with Gasteiger partial charge in [0.05, 0.1) is 6.42 Å². The fraction of sp³-hybridized carbons (Fsp3) is 0.562. The molecule has 3 nitrogen and oxygen atoms in total. The highest BCUT2D eigenvalue weighted by atomic mass is 19.1. The summed E-state index contributed by atoms with van der Waals surface area (Å²) in [6.07, 6.45) is 0.0793. The predicted molar refractivity (Wildman–Crippen MR) is 78.3 cm³/mol. The third-order valence-electron chi connectivity index (χ3n) is 3.57. The zero-order valence-electron chi connectivity index (χ0n) is 12.9. The first-order valence-corrected chi connectivity index (χ1v) is 6.87. The van der Waals surface area contributed by atoms with E-state index < -0.39 is 5.97 Å². The molecule has 1 unspecified atom stereocenters. The van der Waals surface area contributed by atoms with Crippen LogP contribution >= 0.6 is 0 Å². The Kier molecular flexibility index (Phi) is 5.28. The quantitative estimate of drug-likeness (QED) is 0.893. The number of carbonyl (C=O) groups is 1. The van der Waals surface area contributed by atoms with Gasteiger partial charge in [0.2, 0.25) is 0 Å². The normalized spacial score (nSPS) is 13.6. The molecule has 0 saturated carbocycles. The van der Waals surface area contributed by atoms with Gasteiger partial charge in [-0.3, -0.25) is 9.69 Å². The number of rotatable bonds is 5. The largest absolute Gasteiger partial charge is 0.481 e. The van der Waals surface area contributed by atoms with Crippen LogP contribution in [0.2, 0.25) is 0 Å². The van der Waals surface area contributed by atoms with Crippen molar-refractivity contribution >= 4 is 5.97 Å². The lowest BCUT2D eigenvalue weighted by atomic mass is 9.97. The molecule has 1 atom stereocenters. The van der Waals surface area contributed by atoms with E-state index in [0.29, 0.717) is 12.1 Å². The van der Waals surface area contributed by atoms with E-state index in [-0.39, 0.29) is 23.8 Å². The van der Waals surface area contributed by atoms with Gasteiger partial charge in [-0.1, -0.05) is 12.1 Å². The highest BCUT2D eigenvalue weighted by Gasteiger charge is 2.27. The Morgan fingerprint density at radius 1 is 1.40 bits per heavy atom. The number of aryl methyl sites for hydroxylation is 1. The number of halogens is 1. The molecule has 0 spiro atoms. The summed E-state index contributed by atoms with van der Waals surface area (Å²) in [5.41, 5.74) is 1.30. The Hall–Kier alpha value is -1.42. The van der Waals surface area contributed by atoms with Crippen LogP contribution in [0.1, 0.15) is 51.3 Å². The van der Waals surface area contributed by atoms with E-state index in [0.717, 1.165) is 5.56 Å². The van der Waals surface area contributed by atoms with Gasteiger partial charge in [-0.25, -0.2) is 4.39 Å². The summed E-state index contributed by atoms with van der Waals surface area (Å²) in [5, 5.41) is 8.87. The molecule has 1 aromatic rings. The SMILES string of the molecule is Cc1ccc(C(C)N(CCC(=O)O)C(C)(C)C)cc1F. The molecule has 0 saturated heterocycles. The summed E-state index contributed by atoms with van der Waals surface area (Å²) >= 11 is 0. The molecule has 1 aromatic carbocycles. The van der Waals surface area contributed by atoms with Crippen LogP contribution < -0.4 is 0 Å². The van der Waals surface area contributed by atoms with E-state index in [1.165, 1.54) is 0 Å². The molecule has 0 amide bonds. The van der Waals surface area contributed by atoms with Gasteiger partial charge in [0, 0.05) is 18.1 Å². The van der Waals surface area contributed by atoms with Crippen molar-refractivity contribution in [2.24, 2.45) is 0 Å². The highest BCUT2D eigenvalue weighted by Crippen LogP contribution is 2.29. The molecule has 0 aliphatic carbocycles. The van der Waals surface area contributed by atoms with Crippen molar-refractivity contribution in [3.05, 3.63) is 35.1 Å². The molecule has 112 valence electrons. The van der Waals surface area contributed by atoms with Crippen LogP contribution in [0.15, 0.2) is 18.2 Å². The van der Waals surface area contributed by atoms with Crippen molar-refractivity contribution in [2.45, 2.75) is 52.6 Å². The first kappa shape index (κ1) is 16.6. The van der Waals surface area contributed by atoms with Gasteiger partial charge >= 0.3 is 5.97 Å². The summed E-state index contributed by atoms with van der Waals surface area (Å²) in [7, 11) is 0. The Bertz CT molecular complexity index is 480. The van der Waals surface area contributed by atoms with Crippen LogP contribution in [-0.2, 0) is 4.79 Å². The Balaban J connectivity index is 3.00. The Morgan fingerprint density at radius 3 is 2.45 bits per heavy atom. The number of carboxylic acids is 1. The average molecular weight is 281 g/mol. The van der Waals surface area contributed by atoms with Crippen molar-refractivity contribution in [3.63, 3.8) is 0 Å². The highest BCUT2D eigenvalue weighted by molar-refractivity contribution is 5.66. The summed E-state index contributed by atoms with van der Waals surface area (Å²) in [5.74, 6) is -1.04. The monoisotopic (exact) mass is 281 g/mol. The van der Waals surface area contributed by atoms with Gasteiger partial charge < -0.3 is 5.11 Å². The molecule has 4 heteroatoms. The van der Waals surface area contributed by atoms with Gasteiger partial charge in [-0.2, -0.15) is 0 Å². The van der Waals surface area contributed by atoms with E-state index in [4.69, 9.17) is 5.11 Å². The average Bonchev–Trinajstić information content (AvgIpc) is 2.30. The summed E-state index contributed by atoms with van der Waals surface area (Å²) in [4.78, 5) is 12.9. The van der Waals surface area contributed by atoms with Gasteiger partial charge in [0.25, 0.3) is 0 Å². The van der Waals surface area contributed by atoms with Crippen LogP contribution in [-0.4, -0.2) is 28.1 Å². The van der Waals surface area contributed by atoms with Crippen molar-refractivity contribution in [1.29, 1.82) is 0 Å². The second-order valence-electron chi connectivity index (χ2n) is 6.19. The molecular formula is C16H24FNO2. The smallest absolute Gasteiger partial charge is 0.304 e. The summed E-state index contributed by atoms with van der Waals surface area (Å²) < 4.78 is 13.7. The maximum atomic E-state index is 13.7. The molecular weight excluding hydrogens is 257 g/mol. The number of benzene rings is 1.